The highest BCUT2D eigenvalue weighted by molar-refractivity contribution is 6.43. The van der Waals surface area contributed by atoms with Crippen molar-refractivity contribution >= 4 is 18.9 Å². The first kappa shape index (κ1) is 22.6. The number of amides is 2. The third kappa shape index (κ3) is 7.01. The molecule has 0 fully saturated rings. The lowest BCUT2D eigenvalue weighted by Crippen LogP contribution is -2.39. The van der Waals surface area contributed by atoms with Crippen LogP contribution in [0, 0.1) is 0 Å². The maximum atomic E-state index is 12.9. The summed E-state index contributed by atoms with van der Waals surface area (Å²) >= 11 is 0. The number of hydrogen-bond donors (Lipinski definition) is 4. The van der Waals surface area contributed by atoms with Crippen molar-refractivity contribution in [2.45, 2.75) is 25.2 Å². The Morgan fingerprint density at radius 2 is 1.72 bits per heavy atom. The van der Waals surface area contributed by atoms with Crippen molar-refractivity contribution in [1.29, 1.82) is 0 Å². The van der Waals surface area contributed by atoms with Gasteiger partial charge in [-0.05, 0) is 30.0 Å². The van der Waals surface area contributed by atoms with Crippen molar-refractivity contribution in [2.75, 3.05) is 20.1 Å². The van der Waals surface area contributed by atoms with Crippen LogP contribution in [0.15, 0.2) is 54.6 Å². The summed E-state index contributed by atoms with van der Waals surface area (Å²) in [6, 6.07) is 17.0. The number of likely N-dealkylation sites (N-methyl/N-ethyl adjacent to an activating group) is 1. The molecule has 0 bridgehead atoms. The predicted octanol–water partition coefficient (Wildman–Crippen LogP) is 1.05. The van der Waals surface area contributed by atoms with E-state index in [9.17, 15) is 9.59 Å². The molecule has 2 rings (SSSR count). The molecule has 2 aromatic rings. The minimum absolute atomic E-state index is 0.0448. The van der Waals surface area contributed by atoms with Crippen LogP contribution < -0.4 is 11.1 Å². The maximum Gasteiger partial charge on any atom is 0.469 e. The van der Waals surface area contributed by atoms with E-state index in [1.807, 2.05) is 48.5 Å². The quantitative estimate of drug-likeness (QED) is 0.353. The summed E-state index contributed by atoms with van der Waals surface area (Å²) in [5.74, 6) is -1.15. The third-order valence-corrected chi connectivity index (χ3v) is 4.64. The van der Waals surface area contributed by atoms with Crippen LogP contribution in [0.2, 0.25) is 0 Å². The Hall–Kier alpha value is -2.68. The van der Waals surface area contributed by atoms with Gasteiger partial charge in [-0.3, -0.25) is 9.59 Å². The molecule has 0 saturated carbocycles. The molecule has 0 aromatic heterocycles. The van der Waals surface area contributed by atoms with Gasteiger partial charge in [-0.2, -0.15) is 0 Å². The van der Waals surface area contributed by atoms with Crippen LogP contribution in [0.4, 0.5) is 0 Å². The first-order valence-corrected chi connectivity index (χ1v) is 9.68. The molecule has 2 amide bonds. The second-order valence-electron chi connectivity index (χ2n) is 7.00. The number of benzene rings is 2. The van der Waals surface area contributed by atoms with Gasteiger partial charge in [0.05, 0.1) is 6.54 Å². The molecule has 0 aliphatic rings. The van der Waals surface area contributed by atoms with Crippen molar-refractivity contribution in [3.05, 3.63) is 60.2 Å². The molecule has 7 nitrogen and oxygen atoms in total. The van der Waals surface area contributed by atoms with Crippen LogP contribution in [0.25, 0.3) is 11.1 Å². The third-order valence-electron chi connectivity index (χ3n) is 4.64. The number of carbonyl (C=O) groups excluding carboxylic acids is 2. The number of nitrogens with one attached hydrogen (secondary N) is 1. The first-order valence-electron chi connectivity index (χ1n) is 9.68. The second-order valence-corrected chi connectivity index (χ2v) is 7.00. The summed E-state index contributed by atoms with van der Waals surface area (Å²) in [4.78, 5) is 26.4. The van der Waals surface area contributed by atoms with Crippen molar-refractivity contribution in [3.63, 3.8) is 0 Å². The fourth-order valence-corrected chi connectivity index (χ4v) is 2.97. The summed E-state index contributed by atoms with van der Waals surface area (Å²) in [6.45, 7) is 0.395. The zero-order valence-electron chi connectivity index (χ0n) is 16.6. The fraction of sp³-hybridized carbons (Fsp3) is 0.333. The van der Waals surface area contributed by atoms with Crippen molar-refractivity contribution in [3.8, 4) is 11.1 Å². The molecule has 1 atom stereocenters. The molecule has 8 heteroatoms. The average molecular weight is 397 g/mol. The van der Waals surface area contributed by atoms with E-state index in [0.717, 1.165) is 11.1 Å². The van der Waals surface area contributed by atoms with Crippen molar-refractivity contribution < 1.29 is 19.6 Å². The van der Waals surface area contributed by atoms with Gasteiger partial charge in [0.15, 0.2) is 0 Å². The highest BCUT2D eigenvalue weighted by atomic mass is 16.4. The van der Waals surface area contributed by atoms with E-state index >= 15 is 0 Å². The van der Waals surface area contributed by atoms with Gasteiger partial charge in [0.2, 0.25) is 5.91 Å². The van der Waals surface area contributed by atoms with E-state index in [1.54, 1.807) is 13.1 Å². The predicted molar refractivity (Wildman–Crippen MR) is 114 cm³/mol. The molecule has 0 saturated heterocycles. The molecule has 0 radical (unpaired) electrons. The van der Waals surface area contributed by atoms with Gasteiger partial charge in [-0.1, -0.05) is 55.0 Å². The SMILES string of the molecule is CN(CC(=O)NCCCCC(N)B(O)O)C(=O)c1ccccc1-c1ccccc1. The molecule has 154 valence electrons. The van der Waals surface area contributed by atoms with Crippen LogP contribution in [-0.4, -0.2) is 60.0 Å². The topological polar surface area (TPSA) is 116 Å². The Labute approximate surface area is 171 Å². The van der Waals surface area contributed by atoms with E-state index in [-0.39, 0.29) is 18.4 Å². The molecular weight excluding hydrogens is 369 g/mol. The highest BCUT2D eigenvalue weighted by Gasteiger charge is 2.19. The minimum atomic E-state index is -1.52. The normalized spacial score (nSPS) is 11.6. The van der Waals surface area contributed by atoms with Crippen molar-refractivity contribution in [1.82, 2.24) is 10.2 Å². The smallest absolute Gasteiger partial charge is 0.426 e. The van der Waals surface area contributed by atoms with Crippen LogP contribution in [-0.2, 0) is 4.79 Å². The molecule has 5 N–H and O–H groups in total. The van der Waals surface area contributed by atoms with Gasteiger partial charge >= 0.3 is 7.12 Å². The summed E-state index contributed by atoms with van der Waals surface area (Å²) < 4.78 is 0. The number of unbranched alkanes of at least 4 members (excludes halogenated alkanes) is 1. The standard InChI is InChI=1S/C21H28BN3O4/c1-25(15-20(26)24-14-8-7-13-19(23)22(28)29)21(27)18-12-6-5-11-17(18)16-9-3-2-4-10-16/h2-6,9-12,19,28-29H,7-8,13-15,23H2,1H3,(H,24,26). The van der Waals surface area contributed by atoms with E-state index < -0.39 is 13.1 Å². The Balaban J connectivity index is 1.86. The minimum Gasteiger partial charge on any atom is -0.426 e. The average Bonchev–Trinajstić information content (AvgIpc) is 2.73. The van der Waals surface area contributed by atoms with E-state index in [0.29, 0.717) is 31.4 Å². The fourth-order valence-electron chi connectivity index (χ4n) is 2.97. The van der Waals surface area contributed by atoms with Crippen LogP contribution >= 0.6 is 0 Å². The summed E-state index contributed by atoms with van der Waals surface area (Å²) in [7, 11) is 0.0775. The number of nitrogens with two attached hydrogens (primary N) is 1. The molecular formula is C21H28BN3O4. The van der Waals surface area contributed by atoms with Crippen LogP contribution in [0.5, 0.6) is 0 Å². The maximum absolute atomic E-state index is 12.9. The molecule has 0 heterocycles. The molecule has 0 aliphatic heterocycles. The number of nitrogens with zero attached hydrogens (tertiary/aromatic N) is 1. The molecule has 1 unspecified atom stereocenters. The van der Waals surface area contributed by atoms with Crippen LogP contribution in [0.1, 0.15) is 29.6 Å². The molecule has 0 spiro atoms. The largest absolute Gasteiger partial charge is 0.469 e. The second kappa shape index (κ2) is 11.4. The monoisotopic (exact) mass is 397 g/mol. The lowest BCUT2D eigenvalue weighted by molar-refractivity contribution is -0.121. The summed E-state index contributed by atoms with van der Waals surface area (Å²) in [5.41, 5.74) is 7.85. The number of hydrogen-bond acceptors (Lipinski definition) is 5. The van der Waals surface area contributed by atoms with Gasteiger partial charge in [-0.25, -0.2) is 0 Å². The van der Waals surface area contributed by atoms with Gasteiger partial charge in [0, 0.05) is 25.1 Å². The van der Waals surface area contributed by atoms with Crippen LogP contribution in [0.3, 0.4) is 0 Å². The van der Waals surface area contributed by atoms with Gasteiger partial charge < -0.3 is 26.0 Å². The van der Waals surface area contributed by atoms with Gasteiger partial charge in [0.1, 0.15) is 0 Å². The molecule has 29 heavy (non-hydrogen) atoms. The van der Waals surface area contributed by atoms with Gasteiger partial charge in [0.25, 0.3) is 5.91 Å². The number of rotatable bonds is 10. The zero-order chi connectivity index (χ0) is 21.2. The Morgan fingerprint density at radius 1 is 1.07 bits per heavy atom. The van der Waals surface area contributed by atoms with E-state index in [1.165, 1.54) is 4.90 Å². The first-order chi connectivity index (χ1) is 13.9. The zero-order valence-corrected chi connectivity index (χ0v) is 16.6. The molecule has 2 aromatic carbocycles. The summed E-state index contributed by atoms with van der Waals surface area (Å²) in [6.07, 6.45) is 1.79. The summed E-state index contributed by atoms with van der Waals surface area (Å²) in [5, 5.41) is 20.6. The Kier molecular flexibility index (Phi) is 8.86. The Morgan fingerprint density at radius 3 is 2.41 bits per heavy atom. The van der Waals surface area contributed by atoms with Gasteiger partial charge in [-0.15, -0.1) is 0 Å². The van der Waals surface area contributed by atoms with E-state index in [2.05, 4.69) is 5.32 Å². The number of carbonyl (C=O) groups is 2. The molecule has 0 aliphatic carbocycles. The van der Waals surface area contributed by atoms with Crippen molar-refractivity contribution in [2.24, 2.45) is 5.73 Å². The van der Waals surface area contributed by atoms with E-state index in [4.69, 9.17) is 15.8 Å². The highest BCUT2D eigenvalue weighted by Crippen LogP contribution is 2.24. The lowest BCUT2D eigenvalue weighted by Gasteiger charge is -2.19. The Bertz CT molecular complexity index is 802. The lowest BCUT2D eigenvalue weighted by atomic mass is 9.77.